The Bertz CT molecular complexity index is 1390. The van der Waals surface area contributed by atoms with Crippen LogP contribution in [-0.4, -0.2) is 36.6 Å². The lowest BCUT2D eigenvalue weighted by atomic mass is 9.95. The normalized spacial score (nSPS) is 14.6. The van der Waals surface area contributed by atoms with Gasteiger partial charge in [0, 0.05) is 36.7 Å². The Balaban J connectivity index is 1.65. The first-order chi connectivity index (χ1) is 16.3. The molecule has 0 saturated carbocycles. The summed E-state index contributed by atoms with van der Waals surface area (Å²) in [5, 5.41) is 0. The number of aromatic nitrogens is 1. The number of rotatable bonds is 5. The van der Waals surface area contributed by atoms with Gasteiger partial charge in [0.1, 0.15) is 5.82 Å². The van der Waals surface area contributed by atoms with Gasteiger partial charge in [0.2, 0.25) is 0 Å². The molecule has 0 bridgehead atoms. The summed E-state index contributed by atoms with van der Waals surface area (Å²) in [5.74, 6) is -2.64. The second-order valence-electron chi connectivity index (χ2n) is 8.74. The smallest absolute Gasteiger partial charge is 0.330 e. The summed E-state index contributed by atoms with van der Waals surface area (Å²) in [6.45, 7) is 1.39. The fraction of sp³-hybridized carbons (Fsp3) is 0.280. The number of carbonyl (C=O) groups is 1. The maximum absolute atomic E-state index is 13.4. The van der Waals surface area contributed by atoms with Crippen LogP contribution in [0.15, 0.2) is 59.6 Å². The molecule has 3 aromatic rings. The molecule has 4 rings (SSSR count). The largest absolute Gasteiger partial charge is 0.391 e. The first kappa shape index (κ1) is 24.8. The average molecular weight is 507 g/mol. The summed E-state index contributed by atoms with van der Waals surface area (Å²) < 4.78 is 76.9. The van der Waals surface area contributed by atoms with Crippen molar-refractivity contribution in [2.75, 3.05) is 6.26 Å². The van der Waals surface area contributed by atoms with E-state index >= 15 is 0 Å². The molecule has 0 spiro atoms. The molecular weight excluding hydrogens is 484 g/mol. The summed E-state index contributed by atoms with van der Waals surface area (Å²) in [6.07, 6.45) is -2.32. The zero-order valence-corrected chi connectivity index (χ0v) is 19.8. The number of hydrogen-bond donors (Lipinski definition) is 0. The van der Waals surface area contributed by atoms with Gasteiger partial charge >= 0.3 is 6.18 Å². The van der Waals surface area contributed by atoms with E-state index in [-0.39, 0.29) is 34.9 Å². The van der Waals surface area contributed by atoms with Crippen molar-refractivity contribution in [2.45, 2.75) is 37.5 Å². The van der Waals surface area contributed by atoms with E-state index in [1.165, 1.54) is 29.2 Å². The van der Waals surface area contributed by atoms with Gasteiger partial charge in [0.15, 0.2) is 9.84 Å². The Morgan fingerprint density at radius 2 is 1.71 bits per heavy atom. The van der Waals surface area contributed by atoms with Gasteiger partial charge in [0.05, 0.1) is 16.5 Å². The minimum Gasteiger partial charge on any atom is -0.330 e. The zero-order chi connectivity index (χ0) is 25.5. The molecule has 0 N–H and O–H groups in total. The lowest BCUT2D eigenvalue weighted by molar-refractivity contribution is -0.169. The van der Waals surface area contributed by atoms with E-state index in [9.17, 15) is 30.8 Å². The molecule has 1 aromatic heterocycles. The summed E-state index contributed by atoms with van der Waals surface area (Å²) in [6, 6.07) is 11.3. The highest BCUT2D eigenvalue weighted by Gasteiger charge is 2.37. The average Bonchev–Trinajstić information content (AvgIpc) is 3.21. The highest BCUT2D eigenvalue weighted by Crippen LogP contribution is 2.32. The van der Waals surface area contributed by atoms with E-state index in [0.29, 0.717) is 11.3 Å². The quantitative estimate of drug-likeness (QED) is 0.447. The summed E-state index contributed by atoms with van der Waals surface area (Å²) >= 11 is 0. The van der Waals surface area contributed by atoms with E-state index in [1.54, 1.807) is 24.4 Å². The third-order valence-electron chi connectivity index (χ3n) is 6.06. The number of benzene rings is 2. The fourth-order valence-corrected chi connectivity index (χ4v) is 4.63. The maximum Gasteiger partial charge on any atom is 0.391 e. The molecule has 0 aliphatic carbocycles. The lowest BCUT2D eigenvalue weighted by Gasteiger charge is -2.21. The van der Waals surface area contributed by atoms with Crippen LogP contribution < -0.4 is 0 Å². The molecule has 2 heterocycles. The Kier molecular flexibility index (Phi) is 6.44. The summed E-state index contributed by atoms with van der Waals surface area (Å²) in [7, 11) is -3.68. The molecule has 184 valence electrons. The van der Waals surface area contributed by atoms with Gasteiger partial charge in [0.25, 0.3) is 5.91 Å². The van der Waals surface area contributed by atoms with Crippen LogP contribution in [0.5, 0.6) is 0 Å². The number of sulfone groups is 1. The van der Waals surface area contributed by atoms with Gasteiger partial charge in [-0.05, 0) is 65.6 Å². The summed E-state index contributed by atoms with van der Waals surface area (Å²) in [4.78, 5) is 19.1. The SMILES string of the molecule is C[C@H](Cc1ccc(S(C)(=O)=O)cc1C(=O)N1Cc2cnc(-c3ccc(F)cc3)cc2C1)C(F)(F)F. The van der Waals surface area contributed by atoms with Gasteiger partial charge in [-0.25, -0.2) is 12.8 Å². The van der Waals surface area contributed by atoms with Gasteiger partial charge in [-0.3, -0.25) is 9.78 Å². The lowest BCUT2D eigenvalue weighted by Crippen LogP contribution is -2.28. The minimum atomic E-state index is -4.46. The molecule has 1 atom stereocenters. The number of alkyl halides is 3. The number of fused-ring (bicyclic) bond motifs is 1. The molecule has 10 heteroatoms. The van der Waals surface area contributed by atoms with Crippen molar-refractivity contribution in [1.82, 2.24) is 9.88 Å². The predicted octanol–water partition coefficient (Wildman–Crippen LogP) is 5.19. The highest BCUT2D eigenvalue weighted by atomic mass is 32.2. The second-order valence-corrected chi connectivity index (χ2v) is 10.8. The van der Waals surface area contributed by atoms with Gasteiger partial charge in [-0.15, -0.1) is 0 Å². The van der Waals surface area contributed by atoms with Crippen molar-refractivity contribution < 1.29 is 30.8 Å². The van der Waals surface area contributed by atoms with Gasteiger partial charge < -0.3 is 4.90 Å². The number of nitrogens with zero attached hydrogens (tertiary/aromatic N) is 2. The van der Waals surface area contributed by atoms with E-state index in [1.807, 2.05) is 0 Å². The van der Waals surface area contributed by atoms with Crippen LogP contribution in [0.4, 0.5) is 17.6 Å². The van der Waals surface area contributed by atoms with Crippen molar-refractivity contribution in [1.29, 1.82) is 0 Å². The Hall–Kier alpha value is -3.27. The molecule has 1 amide bonds. The van der Waals surface area contributed by atoms with Crippen molar-refractivity contribution in [3.63, 3.8) is 0 Å². The van der Waals surface area contributed by atoms with E-state index in [4.69, 9.17) is 0 Å². The third kappa shape index (κ3) is 5.37. The molecular formula is C25H22F4N2O3S. The van der Waals surface area contributed by atoms with Crippen LogP contribution in [0.3, 0.4) is 0 Å². The van der Waals surface area contributed by atoms with Crippen LogP contribution in [0.2, 0.25) is 0 Å². The van der Waals surface area contributed by atoms with E-state index in [0.717, 1.165) is 30.4 Å². The number of hydrogen-bond acceptors (Lipinski definition) is 4. The fourth-order valence-electron chi connectivity index (χ4n) is 3.98. The zero-order valence-electron chi connectivity index (χ0n) is 18.9. The standard InChI is InChI=1S/C25H22F4N2O3S/c1-15(25(27,28)29)9-17-5-8-21(35(2,33)34)11-22(17)24(32)31-13-18-10-23(30-12-19(18)14-31)16-3-6-20(26)7-4-16/h3-8,10-12,15H,9,13-14H2,1-2H3/t15-/m1/s1. The molecule has 0 saturated heterocycles. The number of carbonyl (C=O) groups excluding carboxylic acids is 1. The Morgan fingerprint density at radius 3 is 2.34 bits per heavy atom. The Labute approximate surface area is 200 Å². The van der Waals surface area contributed by atoms with Crippen molar-refractivity contribution >= 4 is 15.7 Å². The topological polar surface area (TPSA) is 67.3 Å². The highest BCUT2D eigenvalue weighted by molar-refractivity contribution is 7.90. The van der Waals surface area contributed by atoms with Crippen LogP contribution >= 0.6 is 0 Å². The van der Waals surface area contributed by atoms with Crippen molar-refractivity contribution in [2.24, 2.45) is 5.92 Å². The molecule has 2 aromatic carbocycles. The van der Waals surface area contributed by atoms with Crippen molar-refractivity contribution in [3.05, 3.63) is 82.8 Å². The number of pyridine rings is 1. The molecule has 0 unspecified atom stereocenters. The second kappa shape index (κ2) is 9.07. The first-order valence-corrected chi connectivity index (χ1v) is 12.6. The first-order valence-electron chi connectivity index (χ1n) is 10.8. The maximum atomic E-state index is 13.4. The molecule has 0 radical (unpaired) electrons. The van der Waals surface area contributed by atoms with Crippen LogP contribution in [0, 0.1) is 11.7 Å². The molecule has 5 nitrogen and oxygen atoms in total. The molecule has 0 fully saturated rings. The number of amides is 1. The van der Waals surface area contributed by atoms with E-state index < -0.39 is 34.3 Å². The summed E-state index contributed by atoms with van der Waals surface area (Å²) in [5.41, 5.74) is 2.93. The number of halogens is 4. The van der Waals surface area contributed by atoms with Crippen LogP contribution in [0.1, 0.15) is 34.0 Å². The minimum absolute atomic E-state index is 0.0662. The molecule has 1 aliphatic heterocycles. The van der Waals surface area contributed by atoms with Gasteiger partial charge in [-0.2, -0.15) is 13.2 Å². The molecule has 35 heavy (non-hydrogen) atoms. The Morgan fingerprint density at radius 1 is 1.06 bits per heavy atom. The van der Waals surface area contributed by atoms with Gasteiger partial charge in [-0.1, -0.05) is 13.0 Å². The van der Waals surface area contributed by atoms with Crippen molar-refractivity contribution in [3.8, 4) is 11.3 Å². The van der Waals surface area contributed by atoms with Crippen LogP contribution in [0.25, 0.3) is 11.3 Å². The van der Waals surface area contributed by atoms with Crippen LogP contribution in [-0.2, 0) is 29.3 Å². The molecule has 1 aliphatic rings. The monoisotopic (exact) mass is 506 g/mol. The predicted molar refractivity (Wildman–Crippen MR) is 122 cm³/mol. The third-order valence-corrected chi connectivity index (χ3v) is 7.17. The van der Waals surface area contributed by atoms with E-state index in [2.05, 4.69) is 4.98 Å².